The van der Waals surface area contributed by atoms with E-state index in [1.165, 1.54) is 18.6 Å². The second kappa shape index (κ2) is 7.91. The summed E-state index contributed by atoms with van der Waals surface area (Å²) in [6, 6.07) is 18.4. The van der Waals surface area contributed by atoms with Crippen LogP contribution in [0.15, 0.2) is 60.7 Å². The Bertz CT molecular complexity index is 1070. The zero-order chi connectivity index (χ0) is 20.4. The van der Waals surface area contributed by atoms with Crippen LogP contribution in [0.25, 0.3) is 10.8 Å². The summed E-state index contributed by atoms with van der Waals surface area (Å²) in [6.45, 7) is 1.72. The number of nitro groups is 1. The Morgan fingerprint density at radius 2 is 1.69 bits per heavy atom. The van der Waals surface area contributed by atoms with Crippen molar-refractivity contribution in [1.29, 1.82) is 0 Å². The number of fused-ring (bicyclic) bond motifs is 1. The summed E-state index contributed by atoms with van der Waals surface area (Å²) in [7, 11) is 1.71. The molecule has 1 fully saturated rings. The van der Waals surface area contributed by atoms with Crippen LogP contribution in [-0.2, 0) is 0 Å². The molecule has 29 heavy (non-hydrogen) atoms. The van der Waals surface area contributed by atoms with Crippen LogP contribution in [0.3, 0.4) is 0 Å². The van der Waals surface area contributed by atoms with Gasteiger partial charge in [-0.25, -0.2) is 0 Å². The molecular weight excluding hydrogens is 366 g/mol. The second-order valence-corrected chi connectivity index (χ2v) is 7.40. The molecule has 0 saturated carbocycles. The first kappa shape index (κ1) is 18.9. The maximum atomic E-state index is 13.4. The molecule has 0 bridgehead atoms. The first-order chi connectivity index (χ1) is 14.0. The van der Waals surface area contributed by atoms with Crippen molar-refractivity contribution >= 4 is 33.7 Å². The van der Waals surface area contributed by atoms with Gasteiger partial charge in [-0.3, -0.25) is 14.9 Å². The summed E-state index contributed by atoms with van der Waals surface area (Å²) in [5, 5.41) is 13.5. The molecule has 1 aliphatic heterocycles. The number of amides is 1. The maximum Gasteiger partial charge on any atom is 0.270 e. The first-order valence-corrected chi connectivity index (χ1v) is 9.85. The predicted octanol–water partition coefficient (Wildman–Crippen LogP) is 5.01. The summed E-state index contributed by atoms with van der Waals surface area (Å²) < 4.78 is 0. The van der Waals surface area contributed by atoms with E-state index in [0.717, 1.165) is 48.1 Å². The summed E-state index contributed by atoms with van der Waals surface area (Å²) >= 11 is 0. The van der Waals surface area contributed by atoms with Gasteiger partial charge in [-0.1, -0.05) is 30.3 Å². The molecule has 148 valence electrons. The van der Waals surface area contributed by atoms with Crippen LogP contribution in [0.2, 0.25) is 0 Å². The fraction of sp³-hybridized carbons (Fsp3) is 0.261. The lowest BCUT2D eigenvalue weighted by molar-refractivity contribution is -0.384. The summed E-state index contributed by atoms with van der Waals surface area (Å²) in [6.07, 6.45) is 3.29. The van der Waals surface area contributed by atoms with E-state index in [9.17, 15) is 14.9 Å². The number of rotatable bonds is 4. The normalized spacial score (nSPS) is 14.0. The van der Waals surface area contributed by atoms with Crippen molar-refractivity contribution in [2.45, 2.75) is 19.3 Å². The van der Waals surface area contributed by atoms with Crippen LogP contribution >= 0.6 is 0 Å². The molecule has 1 amide bonds. The molecule has 0 radical (unpaired) electrons. The standard InChI is InChI=1S/C23H23N3O3/c1-24(19-10-9-17-7-3-4-8-18(17)15-19)23(27)21-16-20(26(28)29)11-12-22(21)25-13-5-2-6-14-25/h3-4,7-12,15-16H,2,5-6,13-14H2,1H3. The number of piperidine rings is 1. The molecule has 1 saturated heterocycles. The summed E-state index contributed by atoms with van der Waals surface area (Å²) in [5.41, 5.74) is 1.83. The van der Waals surface area contributed by atoms with Gasteiger partial charge in [0.15, 0.2) is 0 Å². The third-order valence-corrected chi connectivity index (χ3v) is 5.54. The zero-order valence-corrected chi connectivity index (χ0v) is 16.4. The molecule has 3 aromatic rings. The Hall–Kier alpha value is -3.41. The van der Waals surface area contributed by atoms with Crippen LogP contribution in [0.5, 0.6) is 0 Å². The van der Waals surface area contributed by atoms with E-state index in [1.54, 1.807) is 18.0 Å². The monoisotopic (exact) mass is 389 g/mol. The molecule has 0 aliphatic carbocycles. The second-order valence-electron chi connectivity index (χ2n) is 7.40. The summed E-state index contributed by atoms with van der Waals surface area (Å²) in [5.74, 6) is -0.246. The average Bonchev–Trinajstić information content (AvgIpc) is 2.78. The van der Waals surface area contributed by atoms with Gasteiger partial charge in [-0.05, 0) is 48.2 Å². The molecule has 0 unspecified atom stereocenters. The Labute approximate surface area is 169 Å². The van der Waals surface area contributed by atoms with Gasteiger partial charge in [0.05, 0.1) is 16.2 Å². The predicted molar refractivity (Wildman–Crippen MR) is 116 cm³/mol. The van der Waals surface area contributed by atoms with E-state index >= 15 is 0 Å². The fourth-order valence-electron chi connectivity index (χ4n) is 3.90. The largest absolute Gasteiger partial charge is 0.371 e. The molecule has 0 atom stereocenters. The molecule has 1 aliphatic rings. The Kier molecular flexibility index (Phi) is 5.16. The molecular formula is C23H23N3O3. The van der Waals surface area contributed by atoms with Gasteiger partial charge in [0.25, 0.3) is 11.6 Å². The van der Waals surface area contributed by atoms with Crippen LogP contribution in [0, 0.1) is 10.1 Å². The number of anilines is 2. The molecule has 0 aromatic heterocycles. The lowest BCUT2D eigenvalue weighted by Gasteiger charge is -2.31. The quantitative estimate of drug-likeness (QED) is 0.464. The van der Waals surface area contributed by atoms with E-state index in [1.807, 2.05) is 42.5 Å². The number of hydrogen-bond acceptors (Lipinski definition) is 4. The number of nitrogens with zero attached hydrogens (tertiary/aromatic N) is 3. The SMILES string of the molecule is CN(C(=O)c1cc([N+](=O)[O-])ccc1N1CCCCC1)c1ccc2ccccc2c1. The number of hydrogen-bond donors (Lipinski definition) is 0. The topological polar surface area (TPSA) is 66.7 Å². The third-order valence-electron chi connectivity index (χ3n) is 5.54. The lowest BCUT2D eigenvalue weighted by atomic mass is 10.0. The highest BCUT2D eigenvalue weighted by molar-refractivity contribution is 6.10. The van der Waals surface area contributed by atoms with E-state index < -0.39 is 4.92 Å². The Morgan fingerprint density at radius 3 is 2.41 bits per heavy atom. The van der Waals surface area contributed by atoms with Gasteiger partial charge in [0.1, 0.15) is 0 Å². The van der Waals surface area contributed by atoms with Crippen molar-refractivity contribution in [3.05, 3.63) is 76.3 Å². The molecule has 6 heteroatoms. The lowest BCUT2D eigenvalue weighted by Crippen LogP contribution is -2.33. The third kappa shape index (κ3) is 3.78. The van der Waals surface area contributed by atoms with E-state index in [2.05, 4.69) is 4.90 Å². The van der Waals surface area contributed by atoms with E-state index in [4.69, 9.17) is 0 Å². The number of benzene rings is 3. The number of nitro benzene ring substituents is 1. The van der Waals surface area contributed by atoms with Crippen molar-refractivity contribution in [2.24, 2.45) is 0 Å². The van der Waals surface area contributed by atoms with Crippen molar-refractivity contribution in [3.63, 3.8) is 0 Å². The zero-order valence-electron chi connectivity index (χ0n) is 16.4. The van der Waals surface area contributed by atoms with Crippen LogP contribution in [0.1, 0.15) is 29.6 Å². The molecule has 3 aromatic carbocycles. The Morgan fingerprint density at radius 1 is 0.966 bits per heavy atom. The van der Waals surface area contributed by atoms with Crippen LogP contribution in [0.4, 0.5) is 17.1 Å². The molecule has 4 rings (SSSR count). The molecule has 0 N–H and O–H groups in total. The van der Waals surface area contributed by atoms with Crippen LogP contribution in [-0.4, -0.2) is 31.0 Å². The average molecular weight is 389 g/mol. The molecule has 6 nitrogen and oxygen atoms in total. The van der Waals surface area contributed by atoms with Gasteiger partial charge < -0.3 is 9.80 Å². The number of carbonyl (C=O) groups is 1. The van der Waals surface area contributed by atoms with Gasteiger partial charge in [0.2, 0.25) is 0 Å². The highest BCUT2D eigenvalue weighted by Gasteiger charge is 2.24. The van der Waals surface area contributed by atoms with Crippen LogP contribution < -0.4 is 9.80 Å². The maximum absolute atomic E-state index is 13.4. The minimum atomic E-state index is -0.452. The van der Waals surface area contributed by atoms with Gasteiger partial charge in [-0.15, -0.1) is 0 Å². The first-order valence-electron chi connectivity index (χ1n) is 9.85. The van der Waals surface area contributed by atoms with Crippen molar-refractivity contribution < 1.29 is 9.72 Å². The fourth-order valence-corrected chi connectivity index (χ4v) is 3.90. The van der Waals surface area contributed by atoms with Gasteiger partial charge in [-0.2, -0.15) is 0 Å². The van der Waals surface area contributed by atoms with Crippen molar-refractivity contribution in [3.8, 4) is 0 Å². The molecule has 0 spiro atoms. The highest BCUT2D eigenvalue weighted by atomic mass is 16.6. The van der Waals surface area contributed by atoms with Gasteiger partial charge >= 0.3 is 0 Å². The number of carbonyl (C=O) groups excluding carboxylic acids is 1. The van der Waals surface area contributed by atoms with Crippen molar-refractivity contribution in [2.75, 3.05) is 29.9 Å². The molecule has 1 heterocycles. The number of non-ortho nitro benzene ring substituents is 1. The smallest absolute Gasteiger partial charge is 0.270 e. The minimum Gasteiger partial charge on any atom is -0.371 e. The van der Waals surface area contributed by atoms with Crippen molar-refractivity contribution in [1.82, 2.24) is 0 Å². The minimum absolute atomic E-state index is 0.0685. The van der Waals surface area contributed by atoms with E-state index in [-0.39, 0.29) is 11.6 Å². The Balaban J connectivity index is 1.73. The highest BCUT2D eigenvalue weighted by Crippen LogP contribution is 2.30. The van der Waals surface area contributed by atoms with E-state index in [0.29, 0.717) is 5.56 Å². The van der Waals surface area contributed by atoms with Gasteiger partial charge in [0, 0.05) is 38.0 Å². The summed E-state index contributed by atoms with van der Waals surface area (Å²) in [4.78, 5) is 28.0.